The highest BCUT2D eigenvalue weighted by Gasteiger charge is 2.39. The summed E-state index contributed by atoms with van der Waals surface area (Å²) in [6.07, 6.45) is 2.09. The van der Waals surface area contributed by atoms with Gasteiger partial charge in [-0.25, -0.2) is 9.78 Å². The first-order chi connectivity index (χ1) is 14.5. The number of carbonyl (C=O) groups excluding carboxylic acids is 2. The van der Waals surface area contributed by atoms with Crippen LogP contribution in [0.1, 0.15) is 34.5 Å². The van der Waals surface area contributed by atoms with Gasteiger partial charge in [-0.3, -0.25) is 4.79 Å². The van der Waals surface area contributed by atoms with E-state index in [1.54, 1.807) is 17.0 Å². The summed E-state index contributed by atoms with van der Waals surface area (Å²) in [5, 5.41) is 12.8. The van der Waals surface area contributed by atoms with Gasteiger partial charge in [-0.15, -0.1) is 0 Å². The van der Waals surface area contributed by atoms with E-state index >= 15 is 0 Å². The van der Waals surface area contributed by atoms with Crippen molar-refractivity contribution in [3.05, 3.63) is 58.4 Å². The Bertz CT molecular complexity index is 1010. The van der Waals surface area contributed by atoms with E-state index in [1.165, 1.54) is 12.3 Å². The lowest BCUT2D eigenvalue weighted by Gasteiger charge is -2.32. The third kappa shape index (κ3) is 4.31. The van der Waals surface area contributed by atoms with Crippen molar-refractivity contribution in [3.63, 3.8) is 0 Å². The summed E-state index contributed by atoms with van der Waals surface area (Å²) < 4.78 is 11.1. The van der Waals surface area contributed by atoms with Gasteiger partial charge in [0.25, 0.3) is 5.91 Å². The van der Waals surface area contributed by atoms with Crippen LogP contribution in [0.15, 0.2) is 36.5 Å². The van der Waals surface area contributed by atoms with E-state index in [0.29, 0.717) is 43.3 Å². The van der Waals surface area contributed by atoms with Crippen molar-refractivity contribution in [2.24, 2.45) is 0 Å². The molecule has 1 aromatic heterocycles. The maximum absolute atomic E-state index is 12.5. The number of hydrogen-bond acceptors (Lipinski definition) is 6. The minimum Gasteiger partial charge on any atom is -0.489 e. The van der Waals surface area contributed by atoms with Crippen LogP contribution in [0.4, 0.5) is 4.79 Å². The van der Waals surface area contributed by atoms with Gasteiger partial charge in [-0.05, 0) is 17.7 Å². The lowest BCUT2D eigenvalue weighted by Crippen LogP contribution is -2.44. The predicted octanol–water partition coefficient (Wildman–Crippen LogP) is 2.90. The van der Waals surface area contributed by atoms with Crippen molar-refractivity contribution in [1.29, 1.82) is 5.26 Å². The predicted molar refractivity (Wildman–Crippen MR) is 107 cm³/mol. The van der Waals surface area contributed by atoms with Crippen LogP contribution in [0, 0.1) is 11.3 Å². The van der Waals surface area contributed by atoms with Crippen LogP contribution >= 0.6 is 11.6 Å². The zero-order valence-corrected chi connectivity index (χ0v) is 16.8. The highest BCUT2D eigenvalue weighted by Crippen LogP contribution is 2.28. The number of aromatic nitrogens is 1. The van der Waals surface area contributed by atoms with E-state index in [-0.39, 0.29) is 35.4 Å². The van der Waals surface area contributed by atoms with Gasteiger partial charge in [0.1, 0.15) is 35.8 Å². The van der Waals surface area contributed by atoms with Crippen molar-refractivity contribution in [3.8, 4) is 11.8 Å². The smallest absolute Gasteiger partial charge is 0.410 e. The Labute approximate surface area is 178 Å². The van der Waals surface area contributed by atoms with E-state index in [4.69, 9.17) is 21.1 Å². The fourth-order valence-corrected chi connectivity index (χ4v) is 3.69. The van der Waals surface area contributed by atoms with Crippen molar-refractivity contribution in [1.82, 2.24) is 15.2 Å². The molecule has 0 radical (unpaired) electrons. The van der Waals surface area contributed by atoms with Gasteiger partial charge in [-0.1, -0.05) is 23.7 Å². The normalized spacial score (nSPS) is 20.1. The molecule has 154 valence electrons. The van der Waals surface area contributed by atoms with Crippen LogP contribution in [0.5, 0.6) is 5.75 Å². The first-order valence-electron chi connectivity index (χ1n) is 9.56. The topological polar surface area (TPSA) is 105 Å². The quantitative estimate of drug-likeness (QED) is 0.788. The van der Waals surface area contributed by atoms with E-state index in [0.717, 1.165) is 5.56 Å². The van der Waals surface area contributed by atoms with Crippen LogP contribution in [0.25, 0.3) is 0 Å². The van der Waals surface area contributed by atoms with Gasteiger partial charge in [-0.2, -0.15) is 5.26 Å². The van der Waals surface area contributed by atoms with Crippen molar-refractivity contribution < 1.29 is 19.1 Å². The molecule has 0 saturated carbocycles. The van der Waals surface area contributed by atoms with Gasteiger partial charge < -0.3 is 19.7 Å². The van der Waals surface area contributed by atoms with Crippen LogP contribution < -0.4 is 10.1 Å². The summed E-state index contributed by atoms with van der Waals surface area (Å²) in [6.45, 7) is 1.20. The van der Waals surface area contributed by atoms with Crippen molar-refractivity contribution in [2.45, 2.75) is 31.5 Å². The number of cyclic esters (lactones) is 1. The zero-order valence-electron chi connectivity index (χ0n) is 16.0. The first-order valence-corrected chi connectivity index (χ1v) is 9.94. The number of nitrogens with zero attached hydrogens (tertiary/aromatic N) is 3. The lowest BCUT2D eigenvalue weighted by molar-refractivity contribution is 0.0910. The summed E-state index contributed by atoms with van der Waals surface area (Å²) in [7, 11) is 0. The number of fused-ring (bicyclic) bond motifs is 1. The highest BCUT2D eigenvalue weighted by atomic mass is 35.5. The lowest BCUT2D eigenvalue weighted by atomic mass is 10.0. The molecule has 2 fully saturated rings. The average molecular weight is 427 g/mol. The Morgan fingerprint density at radius 1 is 1.40 bits per heavy atom. The van der Waals surface area contributed by atoms with Crippen molar-refractivity contribution in [2.75, 3.05) is 13.2 Å². The Morgan fingerprint density at radius 3 is 2.97 bits per heavy atom. The number of pyridine rings is 1. The number of hydrogen-bond donors (Lipinski definition) is 1. The molecule has 1 N–H and O–H groups in total. The van der Waals surface area contributed by atoms with E-state index < -0.39 is 0 Å². The number of rotatable bonds is 5. The summed E-state index contributed by atoms with van der Waals surface area (Å²) in [5.41, 5.74) is 1.32. The number of ether oxygens (including phenoxy) is 2. The Hall–Kier alpha value is -3.31. The number of amides is 2. The molecule has 2 aliphatic heterocycles. The van der Waals surface area contributed by atoms with Gasteiger partial charge in [0.15, 0.2) is 0 Å². The van der Waals surface area contributed by atoms with Crippen molar-refractivity contribution >= 4 is 23.6 Å². The molecule has 4 rings (SSSR count). The molecule has 8 nitrogen and oxygen atoms in total. The van der Waals surface area contributed by atoms with E-state index in [2.05, 4.69) is 10.3 Å². The summed E-state index contributed by atoms with van der Waals surface area (Å²) in [6, 6.07) is 10.7. The zero-order chi connectivity index (χ0) is 21.1. The Morgan fingerprint density at radius 2 is 2.20 bits per heavy atom. The molecule has 1 aromatic carbocycles. The maximum atomic E-state index is 12.5. The van der Waals surface area contributed by atoms with Crippen LogP contribution in [-0.2, 0) is 11.3 Å². The molecule has 2 aliphatic rings. The van der Waals surface area contributed by atoms with Gasteiger partial charge in [0.05, 0.1) is 6.04 Å². The molecule has 2 amide bonds. The Balaban J connectivity index is 1.42. The standard InChI is InChI=1S/C21H19ClN4O4/c22-15-3-1-13(2-4-15)10-25-20(27)18-8-19(14(9-23)11-24-18)30-17-5-6-26-16(7-17)12-29-21(26)28/h1-4,8,11,16-17H,5-7,10,12H2,(H,25,27)/t16-,17-/m0/s1. The van der Waals surface area contributed by atoms with E-state index in [1.807, 2.05) is 18.2 Å². The van der Waals surface area contributed by atoms with E-state index in [9.17, 15) is 14.9 Å². The molecular weight excluding hydrogens is 408 g/mol. The van der Waals surface area contributed by atoms with Crippen LogP contribution in [0.3, 0.4) is 0 Å². The molecule has 2 aromatic rings. The fraction of sp³-hybridized carbons (Fsp3) is 0.333. The average Bonchev–Trinajstić information content (AvgIpc) is 3.13. The maximum Gasteiger partial charge on any atom is 0.410 e. The molecule has 2 atom stereocenters. The third-order valence-corrected chi connectivity index (χ3v) is 5.43. The number of halogens is 1. The number of nitrogens with one attached hydrogen (secondary N) is 1. The summed E-state index contributed by atoms with van der Waals surface area (Å²) >= 11 is 5.87. The number of carbonyl (C=O) groups is 2. The summed E-state index contributed by atoms with van der Waals surface area (Å²) in [4.78, 5) is 29.9. The second-order valence-corrected chi connectivity index (χ2v) is 7.61. The van der Waals surface area contributed by atoms with Crippen LogP contribution in [0.2, 0.25) is 5.02 Å². The molecule has 0 spiro atoms. The van der Waals surface area contributed by atoms with Gasteiger partial charge >= 0.3 is 6.09 Å². The molecule has 0 bridgehead atoms. The number of nitriles is 1. The third-order valence-electron chi connectivity index (χ3n) is 5.18. The largest absolute Gasteiger partial charge is 0.489 e. The van der Waals surface area contributed by atoms with Gasteiger partial charge in [0, 0.05) is 43.2 Å². The second kappa shape index (κ2) is 8.59. The SMILES string of the molecule is N#Cc1cnc(C(=O)NCc2ccc(Cl)cc2)cc1O[C@H]1CCN2C(=O)OC[C@@H]2C1. The summed E-state index contributed by atoms with van der Waals surface area (Å²) in [5.74, 6) is -0.0586. The first kappa shape index (κ1) is 20.0. The number of benzene rings is 1. The molecule has 0 unspecified atom stereocenters. The molecule has 0 aliphatic carbocycles. The van der Waals surface area contributed by atoms with Gasteiger partial charge in [0.2, 0.25) is 0 Å². The Kier molecular flexibility index (Phi) is 5.72. The minimum absolute atomic E-state index is 0.0224. The molecule has 3 heterocycles. The second-order valence-electron chi connectivity index (χ2n) is 7.18. The fourth-order valence-electron chi connectivity index (χ4n) is 3.57. The monoisotopic (exact) mass is 426 g/mol. The molecule has 2 saturated heterocycles. The molecule has 9 heteroatoms. The highest BCUT2D eigenvalue weighted by molar-refractivity contribution is 6.30. The number of piperidine rings is 1. The minimum atomic E-state index is -0.371. The molecule has 30 heavy (non-hydrogen) atoms. The molecular formula is C21H19ClN4O4. The van der Waals surface area contributed by atoms with Crippen LogP contribution in [-0.4, -0.2) is 47.2 Å².